The lowest BCUT2D eigenvalue weighted by molar-refractivity contribution is -0.113. The third kappa shape index (κ3) is 4.84. The molecule has 9 heteroatoms. The second-order valence-electron chi connectivity index (χ2n) is 7.69. The monoisotopic (exact) mass is 460 g/mol. The number of carbonyl (C=O) groups excluding carboxylic acids is 1. The highest BCUT2D eigenvalue weighted by Crippen LogP contribution is 2.27. The smallest absolute Gasteiger partial charge is 0.234 e. The fourth-order valence-electron chi connectivity index (χ4n) is 3.76. The number of nitrogens with zero attached hydrogens (tertiary/aromatic N) is 5. The van der Waals surface area contributed by atoms with Crippen molar-refractivity contribution >= 4 is 40.1 Å². The standard InChI is InChI=1S/C24H24N6O2S/c1-17-26-23-21(15-25-30(23)20-5-3-2-4-6-20)24(27-17)33-16-22(31)28-18-7-9-19(10-8-18)29-11-13-32-14-12-29/h2-10,15H,11-14,16H2,1H3,(H,28,31). The Balaban J connectivity index is 1.26. The second kappa shape index (κ2) is 9.60. The zero-order valence-corrected chi connectivity index (χ0v) is 19.1. The van der Waals surface area contributed by atoms with Gasteiger partial charge in [0.15, 0.2) is 5.65 Å². The zero-order valence-electron chi connectivity index (χ0n) is 18.3. The SMILES string of the molecule is Cc1nc(SCC(=O)Nc2ccc(N3CCOCC3)cc2)c2cnn(-c3ccccc3)c2n1. The summed E-state index contributed by atoms with van der Waals surface area (Å²) in [6.07, 6.45) is 1.76. The number of morpholine rings is 1. The zero-order chi connectivity index (χ0) is 22.6. The van der Waals surface area contributed by atoms with Gasteiger partial charge in [-0.25, -0.2) is 14.6 Å². The molecular weight excluding hydrogens is 436 g/mol. The first-order valence-electron chi connectivity index (χ1n) is 10.8. The third-order valence-corrected chi connectivity index (χ3v) is 6.36. The number of fused-ring (bicyclic) bond motifs is 1. The number of ether oxygens (including phenoxy) is 1. The number of hydrogen-bond acceptors (Lipinski definition) is 7. The van der Waals surface area contributed by atoms with E-state index in [0.29, 0.717) is 5.82 Å². The van der Waals surface area contributed by atoms with Crippen molar-refractivity contribution in [3.63, 3.8) is 0 Å². The number of nitrogens with one attached hydrogen (secondary N) is 1. The maximum atomic E-state index is 12.6. The lowest BCUT2D eigenvalue weighted by Crippen LogP contribution is -2.36. The van der Waals surface area contributed by atoms with Crippen LogP contribution >= 0.6 is 11.8 Å². The molecular formula is C24H24N6O2S. The highest BCUT2D eigenvalue weighted by Gasteiger charge is 2.15. The van der Waals surface area contributed by atoms with E-state index in [-0.39, 0.29) is 11.7 Å². The van der Waals surface area contributed by atoms with Crippen molar-refractivity contribution in [1.82, 2.24) is 19.7 Å². The molecule has 1 saturated heterocycles. The summed E-state index contributed by atoms with van der Waals surface area (Å²) in [7, 11) is 0. The molecule has 168 valence electrons. The van der Waals surface area contributed by atoms with Crippen LogP contribution < -0.4 is 10.2 Å². The highest BCUT2D eigenvalue weighted by molar-refractivity contribution is 8.00. The van der Waals surface area contributed by atoms with E-state index >= 15 is 0 Å². The van der Waals surface area contributed by atoms with Gasteiger partial charge < -0.3 is 15.0 Å². The van der Waals surface area contributed by atoms with Gasteiger partial charge in [-0.05, 0) is 43.3 Å². The molecule has 0 radical (unpaired) electrons. The van der Waals surface area contributed by atoms with Gasteiger partial charge in [0, 0.05) is 24.5 Å². The number of thioether (sulfide) groups is 1. The van der Waals surface area contributed by atoms with Crippen molar-refractivity contribution in [2.24, 2.45) is 0 Å². The molecule has 1 aliphatic heterocycles. The van der Waals surface area contributed by atoms with Crippen LogP contribution in [-0.2, 0) is 9.53 Å². The van der Waals surface area contributed by atoms with Gasteiger partial charge in [0.1, 0.15) is 10.9 Å². The Morgan fingerprint density at radius 1 is 1.03 bits per heavy atom. The lowest BCUT2D eigenvalue weighted by Gasteiger charge is -2.28. The van der Waals surface area contributed by atoms with Crippen LogP contribution in [0, 0.1) is 6.92 Å². The van der Waals surface area contributed by atoms with Crippen molar-refractivity contribution in [1.29, 1.82) is 0 Å². The van der Waals surface area contributed by atoms with Crippen molar-refractivity contribution in [3.05, 3.63) is 66.6 Å². The maximum absolute atomic E-state index is 12.6. The molecule has 1 amide bonds. The molecule has 1 fully saturated rings. The summed E-state index contributed by atoms with van der Waals surface area (Å²) in [5, 5.41) is 9.04. The summed E-state index contributed by atoms with van der Waals surface area (Å²) >= 11 is 1.39. The van der Waals surface area contributed by atoms with Crippen LogP contribution in [0.15, 0.2) is 65.8 Å². The summed E-state index contributed by atoms with van der Waals surface area (Å²) in [5.41, 5.74) is 3.58. The van der Waals surface area contributed by atoms with Gasteiger partial charge in [0.25, 0.3) is 0 Å². The minimum absolute atomic E-state index is 0.0843. The predicted octanol–water partition coefficient (Wildman–Crippen LogP) is 3.69. The predicted molar refractivity (Wildman–Crippen MR) is 130 cm³/mol. The molecule has 4 aromatic rings. The normalized spacial score (nSPS) is 13.9. The Morgan fingerprint density at radius 2 is 1.79 bits per heavy atom. The number of anilines is 2. The fourth-order valence-corrected chi connectivity index (χ4v) is 4.60. The molecule has 1 N–H and O–H groups in total. The van der Waals surface area contributed by atoms with Crippen molar-refractivity contribution in [3.8, 4) is 5.69 Å². The van der Waals surface area contributed by atoms with E-state index in [1.807, 2.05) is 61.5 Å². The lowest BCUT2D eigenvalue weighted by atomic mass is 10.2. The van der Waals surface area contributed by atoms with Gasteiger partial charge in [-0.2, -0.15) is 5.10 Å². The number of aromatic nitrogens is 4. The Hall–Kier alpha value is -3.43. The summed E-state index contributed by atoms with van der Waals surface area (Å²) in [6.45, 7) is 5.11. The molecule has 3 heterocycles. The van der Waals surface area contributed by atoms with Gasteiger partial charge in [-0.15, -0.1) is 0 Å². The van der Waals surface area contributed by atoms with E-state index in [9.17, 15) is 4.79 Å². The average Bonchev–Trinajstić information content (AvgIpc) is 3.28. The Labute approximate surface area is 196 Å². The van der Waals surface area contributed by atoms with Crippen LogP contribution in [0.4, 0.5) is 11.4 Å². The van der Waals surface area contributed by atoms with Gasteiger partial charge >= 0.3 is 0 Å². The Kier molecular flexibility index (Phi) is 6.23. The molecule has 0 bridgehead atoms. The van der Waals surface area contributed by atoms with Crippen LogP contribution in [-0.4, -0.2) is 57.7 Å². The number of benzene rings is 2. The van der Waals surface area contributed by atoms with Crippen LogP contribution in [0.1, 0.15) is 5.82 Å². The topological polar surface area (TPSA) is 85.2 Å². The first-order valence-corrected chi connectivity index (χ1v) is 11.8. The number of amides is 1. The summed E-state index contributed by atoms with van der Waals surface area (Å²) < 4.78 is 7.20. The first-order chi connectivity index (χ1) is 16.2. The Bertz CT molecular complexity index is 1250. The number of aryl methyl sites for hydroxylation is 1. The van der Waals surface area contributed by atoms with E-state index in [1.54, 1.807) is 10.9 Å². The minimum atomic E-state index is -0.0843. The largest absolute Gasteiger partial charge is 0.378 e. The molecule has 0 spiro atoms. The van der Waals surface area contributed by atoms with Crippen LogP contribution in [0.2, 0.25) is 0 Å². The van der Waals surface area contributed by atoms with Gasteiger partial charge in [-0.3, -0.25) is 4.79 Å². The van der Waals surface area contributed by atoms with E-state index < -0.39 is 0 Å². The number of rotatable bonds is 6. The summed E-state index contributed by atoms with van der Waals surface area (Å²) in [4.78, 5) is 24.0. The highest BCUT2D eigenvalue weighted by atomic mass is 32.2. The molecule has 5 rings (SSSR count). The first kappa shape index (κ1) is 21.4. The molecule has 0 unspecified atom stereocenters. The summed E-state index contributed by atoms with van der Waals surface area (Å²) in [5.74, 6) is 0.800. The van der Waals surface area contributed by atoms with Gasteiger partial charge in [0.2, 0.25) is 5.91 Å². The molecule has 0 atom stereocenters. The molecule has 0 saturated carbocycles. The summed E-state index contributed by atoms with van der Waals surface area (Å²) in [6, 6.07) is 17.8. The average molecular weight is 461 g/mol. The second-order valence-corrected chi connectivity index (χ2v) is 8.65. The molecule has 33 heavy (non-hydrogen) atoms. The molecule has 1 aliphatic rings. The van der Waals surface area contributed by atoms with Crippen molar-refractivity contribution in [2.45, 2.75) is 11.9 Å². The van der Waals surface area contributed by atoms with E-state index in [1.165, 1.54) is 11.8 Å². The van der Waals surface area contributed by atoms with Crippen molar-refractivity contribution in [2.75, 3.05) is 42.3 Å². The third-order valence-electron chi connectivity index (χ3n) is 5.37. The van der Waals surface area contributed by atoms with E-state index in [0.717, 1.165) is 59.4 Å². The minimum Gasteiger partial charge on any atom is -0.378 e. The van der Waals surface area contributed by atoms with Gasteiger partial charge in [0.05, 0.1) is 36.2 Å². The maximum Gasteiger partial charge on any atom is 0.234 e. The van der Waals surface area contributed by atoms with Crippen LogP contribution in [0.5, 0.6) is 0 Å². The fraction of sp³-hybridized carbons (Fsp3) is 0.250. The van der Waals surface area contributed by atoms with E-state index in [2.05, 4.69) is 25.3 Å². The molecule has 8 nitrogen and oxygen atoms in total. The quantitative estimate of drug-likeness (QED) is 0.347. The van der Waals surface area contributed by atoms with Gasteiger partial charge in [-0.1, -0.05) is 30.0 Å². The number of hydrogen-bond donors (Lipinski definition) is 1. The molecule has 2 aromatic heterocycles. The van der Waals surface area contributed by atoms with E-state index in [4.69, 9.17) is 4.74 Å². The Morgan fingerprint density at radius 3 is 2.55 bits per heavy atom. The molecule has 0 aliphatic carbocycles. The molecule has 2 aromatic carbocycles. The van der Waals surface area contributed by atoms with Crippen molar-refractivity contribution < 1.29 is 9.53 Å². The number of para-hydroxylation sites is 1. The number of carbonyl (C=O) groups is 1. The van der Waals surface area contributed by atoms with Crippen LogP contribution in [0.25, 0.3) is 16.7 Å². The van der Waals surface area contributed by atoms with Crippen LogP contribution in [0.3, 0.4) is 0 Å².